The molecule has 0 unspecified atom stereocenters. The van der Waals surface area contributed by atoms with Gasteiger partial charge in [-0.3, -0.25) is 9.59 Å². The number of benzene rings is 1. The third-order valence-corrected chi connectivity index (χ3v) is 4.35. The lowest BCUT2D eigenvalue weighted by molar-refractivity contribution is -0.129. The molecule has 0 aliphatic heterocycles. The summed E-state index contributed by atoms with van der Waals surface area (Å²) in [5.74, 6) is -0.973. The highest BCUT2D eigenvalue weighted by molar-refractivity contribution is 5.90. The van der Waals surface area contributed by atoms with Crippen LogP contribution in [0.4, 0.5) is 4.79 Å². The van der Waals surface area contributed by atoms with E-state index >= 15 is 0 Å². The first-order chi connectivity index (χ1) is 12.7. The number of carbonyl (C=O) groups is 3. The van der Waals surface area contributed by atoms with Crippen molar-refractivity contribution >= 4 is 17.9 Å². The Labute approximate surface area is 161 Å². The third-order valence-electron chi connectivity index (χ3n) is 4.35. The first-order valence-corrected chi connectivity index (χ1v) is 9.31. The Morgan fingerprint density at radius 3 is 2.22 bits per heavy atom. The van der Waals surface area contributed by atoms with E-state index in [9.17, 15) is 14.4 Å². The topological polar surface area (TPSA) is 111 Å². The molecule has 0 radical (unpaired) electrons. The van der Waals surface area contributed by atoms with Crippen LogP contribution >= 0.6 is 0 Å². The number of primary amides is 1. The van der Waals surface area contributed by atoms with Crippen molar-refractivity contribution in [3.63, 3.8) is 0 Å². The summed E-state index contributed by atoms with van der Waals surface area (Å²) < 4.78 is 5.19. The van der Waals surface area contributed by atoms with Gasteiger partial charge >= 0.3 is 6.09 Å². The highest BCUT2D eigenvalue weighted by Crippen LogP contribution is 2.10. The average Bonchev–Trinajstić information content (AvgIpc) is 2.63. The van der Waals surface area contributed by atoms with Crippen molar-refractivity contribution in [2.45, 2.75) is 59.2 Å². The molecule has 0 heterocycles. The Balaban J connectivity index is 2.71. The van der Waals surface area contributed by atoms with Crippen LogP contribution in [0, 0.1) is 11.8 Å². The van der Waals surface area contributed by atoms with Gasteiger partial charge in [0.05, 0.1) is 0 Å². The van der Waals surface area contributed by atoms with Gasteiger partial charge in [0.15, 0.2) is 0 Å². The van der Waals surface area contributed by atoms with Crippen molar-refractivity contribution in [2.24, 2.45) is 17.6 Å². The molecule has 150 valence electrons. The number of carbonyl (C=O) groups excluding carboxylic acids is 3. The van der Waals surface area contributed by atoms with Crippen molar-refractivity contribution < 1.29 is 19.1 Å². The van der Waals surface area contributed by atoms with Gasteiger partial charge in [0.2, 0.25) is 11.8 Å². The van der Waals surface area contributed by atoms with Crippen molar-refractivity contribution in [1.82, 2.24) is 10.6 Å². The van der Waals surface area contributed by atoms with E-state index in [2.05, 4.69) is 10.6 Å². The van der Waals surface area contributed by atoms with Gasteiger partial charge in [0.1, 0.15) is 18.7 Å². The standard InChI is InChI=1S/C20H31N3O4/c1-5-14(4)17(18(21)24)23-19(25)16(11-13(2)3)22-20(26)27-12-15-9-7-6-8-10-15/h6-10,13-14,16-17H,5,11-12H2,1-4H3,(H2,21,24)(H,22,26)(H,23,25)/t14-,16-,17-/m0/s1. The molecule has 0 saturated carbocycles. The Morgan fingerprint density at radius 1 is 1.07 bits per heavy atom. The van der Waals surface area contributed by atoms with Gasteiger partial charge < -0.3 is 21.1 Å². The van der Waals surface area contributed by atoms with Crippen LogP contribution in [-0.2, 0) is 20.9 Å². The number of nitrogens with two attached hydrogens (primary N) is 1. The zero-order chi connectivity index (χ0) is 20.4. The Hall–Kier alpha value is -2.57. The molecule has 0 aliphatic rings. The van der Waals surface area contributed by atoms with Crippen LogP contribution in [0.1, 0.15) is 46.1 Å². The van der Waals surface area contributed by atoms with E-state index in [0.717, 1.165) is 5.56 Å². The summed E-state index contributed by atoms with van der Waals surface area (Å²) in [4.78, 5) is 36.4. The maximum atomic E-state index is 12.6. The van der Waals surface area contributed by atoms with E-state index in [1.54, 1.807) is 0 Å². The maximum absolute atomic E-state index is 12.6. The van der Waals surface area contributed by atoms with E-state index in [0.29, 0.717) is 12.8 Å². The summed E-state index contributed by atoms with van der Waals surface area (Å²) in [7, 11) is 0. The number of nitrogens with one attached hydrogen (secondary N) is 2. The normalized spacial score (nSPS) is 14.1. The fourth-order valence-corrected chi connectivity index (χ4v) is 2.59. The average molecular weight is 377 g/mol. The Bertz CT molecular complexity index is 619. The molecule has 7 nitrogen and oxygen atoms in total. The minimum absolute atomic E-state index is 0.101. The fourth-order valence-electron chi connectivity index (χ4n) is 2.59. The van der Waals surface area contributed by atoms with E-state index in [1.807, 2.05) is 58.0 Å². The largest absolute Gasteiger partial charge is 0.445 e. The van der Waals surface area contributed by atoms with Crippen LogP contribution in [0.3, 0.4) is 0 Å². The number of amides is 3. The molecule has 1 aromatic carbocycles. The summed E-state index contributed by atoms with van der Waals surface area (Å²) in [6.45, 7) is 7.75. The summed E-state index contributed by atoms with van der Waals surface area (Å²) >= 11 is 0. The second-order valence-electron chi connectivity index (χ2n) is 7.16. The van der Waals surface area contributed by atoms with Crippen LogP contribution in [0.5, 0.6) is 0 Å². The van der Waals surface area contributed by atoms with Crippen LogP contribution in [0.2, 0.25) is 0 Å². The second kappa shape index (κ2) is 11.2. The van der Waals surface area contributed by atoms with E-state index < -0.39 is 30.0 Å². The van der Waals surface area contributed by atoms with Crippen molar-refractivity contribution in [3.8, 4) is 0 Å². The van der Waals surface area contributed by atoms with E-state index in [1.165, 1.54) is 0 Å². The summed E-state index contributed by atoms with van der Waals surface area (Å²) in [5, 5.41) is 5.26. The summed E-state index contributed by atoms with van der Waals surface area (Å²) in [6, 6.07) is 7.68. The molecule has 7 heteroatoms. The Morgan fingerprint density at radius 2 is 1.70 bits per heavy atom. The van der Waals surface area contributed by atoms with Gasteiger partial charge in [-0.25, -0.2) is 4.79 Å². The SMILES string of the molecule is CC[C@H](C)[C@H](NC(=O)[C@H](CC(C)C)NC(=O)OCc1ccccc1)C(N)=O. The van der Waals surface area contributed by atoms with Gasteiger partial charge in [-0.2, -0.15) is 0 Å². The number of rotatable bonds is 10. The lowest BCUT2D eigenvalue weighted by Crippen LogP contribution is -2.55. The Kier molecular flexibility index (Phi) is 9.33. The zero-order valence-corrected chi connectivity index (χ0v) is 16.5. The molecule has 27 heavy (non-hydrogen) atoms. The maximum Gasteiger partial charge on any atom is 0.408 e. The summed E-state index contributed by atoms with van der Waals surface area (Å²) in [5.41, 5.74) is 6.26. The van der Waals surface area contributed by atoms with Crippen molar-refractivity contribution in [3.05, 3.63) is 35.9 Å². The molecule has 4 N–H and O–H groups in total. The predicted octanol–water partition coefficient (Wildman–Crippen LogP) is 2.34. The van der Waals surface area contributed by atoms with Gasteiger partial charge in [-0.05, 0) is 23.8 Å². The van der Waals surface area contributed by atoms with Crippen molar-refractivity contribution in [1.29, 1.82) is 0 Å². The molecule has 0 fully saturated rings. The minimum atomic E-state index is -0.806. The van der Waals surface area contributed by atoms with E-state index in [-0.39, 0.29) is 18.4 Å². The molecule has 0 aromatic heterocycles. The quantitative estimate of drug-likeness (QED) is 0.581. The molecule has 3 atom stereocenters. The third kappa shape index (κ3) is 8.11. The van der Waals surface area contributed by atoms with Gasteiger partial charge in [0.25, 0.3) is 0 Å². The van der Waals surface area contributed by atoms with Gasteiger partial charge in [-0.15, -0.1) is 0 Å². The number of hydrogen-bond donors (Lipinski definition) is 3. The molecule has 3 amide bonds. The lowest BCUT2D eigenvalue weighted by atomic mass is 9.97. The number of hydrogen-bond acceptors (Lipinski definition) is 4. The molecular weight excluding hydrogens is 346 g/mol. The van der Waals surface area contributed by atoms with Crippen molar-refractivity contribution in [2.75, 3.05) is 0 Å². The smallest absolute Gasteiger partial charge is 0.408 e. The van der Waals surface area contributed by atoms with E-state index in [4.69, 9.17) is 10.5 Å². The second-order valence-corrected chi connectivity index (χ2v) is 7.16. The molecule has 0 saturated heterocycles. The monoisotopic (exact) mass is 377 g/mol. The van der Waals surface area contributed by atoms with Crippen LogP contribution < -0.4 is 16.4 Å². The van der Waals surface area contributed by atoms with Crippen LogP contribution in [0.25, 0.3) is 0 Å². The zero-order valence-electron chi connectivity index (χ0n) is 16.5. The molecule has 1 aromatic rings. The minimum Gasteiger partial charge on any atom is -0.445 e. The highest BCUT2D eigenvalue weighted by atomic mass is 16.5. The molecule has 0 bridgehead atoms. The predicted molar refractivity (Wildman–Crippen MR) is 104 cm³/mol. The first kappa shape index (κ1) is 22.5. The number of alkyl carbamates (subject to hydrolysis) is 1. The fraction of sp³-hybridized carbons (Fsp3) is 0.550. The highest BCUT2D eigenvalue weighted by Gasteiger charge is 2.29. The molecule has 0 spiro atoms. The molecule has 0 aliphatic carbocycles. The van der Waals surface area contributed by atoms with Crippen LogP contribution in [-0.4, -0.2) is 30.0 Å². The number of ether oxygens (including phenoxy) is 1. The van der Waals surface area contributed by atoms with Gasteiger partial charge in [0, 0.05) is 0 Å². The summed E-state index contributed by atoms with van der Waals surface area (Å²) in [6.07, 6.45) is 0.423. The lowest BCUT2D eigenvalue weighted by Gasteiger charge is -2.25. The first-order valence-electron chi connectivity index (χ1n) is 9.31. The molecular formula is C20H31N3O4. The molecule has 1 rings (SSSR count). The van der Waals surface area contributed by atoms with Crippen LogP contribution in [0.15, 0.2) is 30.3 Å². The van der Waals surface area contributed by atoms with Gasteiger partial charge in [-0.1, -0.05) is 64.4 Å².